The van der Waals surface area contributed by atoms with E-state index in [1.165, 1.54) is 51.6 Å². The molecule has 3 fully saturated rings. The van der Waals surface area contributed by atoms with Gasteiger partial charge in [-0.05, 0) is 55.8 Å². The van der Waals surface area contributed by atoms with E-state index in [4.69, 9.17) is 5.73 Å². The van der Waals surface area contributed by atoms with E-state index in [9.17, 15) is 0 Å². The minimum Gasteiger partial charge on any atom is -0.329 e. The van der Waals surface area contributed by atoms with E-state index in [1.807, 2.05) is 0 Å². The van der Waals surface area contributed by atoms with Crippen LogP contribution in [0.4, 0.5) is 0 Å². The zero-order chi connectivity index (χ0) is 12.8. The summed E-state index contributed by atoms with van der Waals surface area (Å²) in [7, 11) is 0. The van der Waals surface area contributed by atoms with Gasteiger partial charge in [0.2, 0.25) is 0 Å². The summed E-state index contributed by atoms with van der Waals surface area (Å²) in [5.41, 5.74) is 6.59. The SMILES string of the molecule is CC1CCC(CN)(N2CC3CCCC3C2)CC1C. The fraction of sp³-hybridized carbons (Fsp3) is 1.00. The second-order valence-electron chi connectivity index (χ2n) is 7.48. The highest BCUT2D eigenvalue weighted by Gasteiger charge is 2.47. The Bertz CT molecular complexity index is 291. The van der Waals surface area contributed by atoms with Crippen LogP contribution in [0, 0.1) is 23.7 Å². The number of nitrogens with zero attached hydrogens (tertiary/aromatic N) is 1. The summed E-state index contributed by atoms with van der Waals surface area (Å²) >= 11 is 0. The fourth-order valence-corrected chi connectivity index (χ4v) is 4.91. The summed E-state index contributed by atoms with van der Waals surface area (Å²) in [6, 6.07) is 0. The third-order valence-electron chi connectivity index (χ3n) is 6.52. The van der Waals surface area contributed by atoms with Gasteiger partial charge in [-0.15, -0.1) is 0 Å². The molecule has 0 bridgehead atoms. The van der Waals surface area contributed by atoms with Crippen molar-refractivity contribution in [3.05, 3.63) is 0 Å². The molecule has 5 atom stereocenters. The third kappa shape index (κ3) is 2.02. The summed E-state index contributed by atoms with van der Waals surface area (Å²) in [5, 5.41) is 0. The maximum Gasteiger partial charge on any atom is 0.0334 e. The lowest BCUT2D eigenvalue weighted by Crippen LogP contribution is -2.56. The number of fused-ring (bicyclic) bond motifs is 1. The first-order chi connectivity index (χ1) is 8.64. The normalized spacial score (nSPS) is 49.5. The van der Waals surface area contributed by atoms with Crippen molar-refractivity contribution in [2.45, 2.75) is 57.9 Å². The second-order valence-corrected chi connectivity index (χ2v) is 7.48. The first-order valence-corrected chi connectivity index (χ1v) is 8.10. The average Bonchev–Trinajstić information content (AvgIpc) is 2.93. The van der Waals surface area contributed by atoms with Crippen LogP contribution in [0.25, 0.3) is 0 Å². The van der Waals surface area contributed by atoms with Crippen molar-refractivity contribution in [2.24, 2.45) is 29.4 Å². The van der Waals surface area contributed by atoms with Crippen LogP contribution in [0.1, 0.15) is 52.4 Å². The molecule has 0 spiro atoms. The maximum atomic E-state index is 6.23. The average molecular weight is 250 g/mol. The Morgan fingerprint density at radius 2 is 1.72 bits per heavy atom. The molecule has 0 amide bonds. The Morgan fingerprint density at radius 3 is 2.28 bits per heavy atom. The Hall–Kier alpha value is -0.0800. The van der Waals surface area contributed by atoms with Crippen LogP contribution in [0.15, 0.2) is 0 Å². The van der Waals surface area contributed by atoms with Gasteiger partial charge in [0.1, 0.15) is 0 Å². The molecule has 5 unspecified atom stereocenters. The quantitative estimate of drug-likeness (QED) is 0.816. The topological polar surface area (TPSA) is 29.3 Å². The van der Waals surface area contributed by atoms with Crippen LogP contribution < -0.4 is 5.73 Å². The Balaban J connectivity index is 1.72. The number of likely N-dealkylation sites (tertiary alicyclic amines) is 1. The number of rotatable bonds is 2. The van der Waals surface area contributed by atoms with Gasteiger partial charge in [-0.25, -0.2) is 0 Å². The number of nitrogens with two attached hydrogens (primary N) is 1. The predicted molar refractivity (Wildman–Crippen MR) is 76.4 cm³/mol. The lowest BCUT2D eigenvalue weighted by atomic mass is 9.70. The summed E-state index contributed by atoms with van der Waals surface area (Å²) in [6.07, 6.45) is 8.50. The molecule has 104 valence electrons. The van der Waals surface area contributed by atoms with Crippen LogP contribution in [-0.4, -0.2) is 30.1 Å². The Morgan fingerprint density at radius 1 is 1.06 bits per heavy atom. The van der Waals surface area contributed by atoms with Gasteiger partial charge in [-0.1, -0.05) is 20.3 Å². The molecule has 2 saturated carbocycles. The van der Waals surface area contributed by atoms with Gasteiger partial charge in [-0.2, -0.15) is 0 Å². The highest BCUT2D eigenvalue weighted by Crippen LogP contribution is 2.45. The van der Waals surface area contributed by atoms with Gasteiger partial charge < -0.3 is 5.73 Å². The van der Waals surface area contributed by atoms with E-state index in [0.29, 0.717) is 5.54 Å². The molecule has 2 heteroatoms. The molecule has 1 aliphatic heterocycles. The van der Waals surface area contributed by atoms with Crippen LogP contribution in [-0.2, 0) is 0 Å². The summed E-state index contributed by atoms with van der Waals surface area (Å²) in [5.74, 6) is 3.75. The molecular formula is C16H30N2. The van der Waals surface area contributed by atoms with E-state index in [0.717, 1.165) is 30.2 Å². The molecule has 18 heavy (non-hydrogen) atoms. The third-order valence-corrected chi connectivity index (χ3v) is 6.52. The van der Waals surface area contributed by atoms with Crippen molar-refractivity contribution in [2.75, 3.05) is 19.6 Å². The molecule has 1 saturated heterocycles. The zero-order valence-electron chi connectivity index (χ0n) is 12.2. The van der Waals surface area contributed by atoms with Gasteiger partial charge in [0, 0.05) is 25.2 Å². The molecule has 2 nitrogen and oxygen atoms in total. The molecule has 2 aliphatic carbocycles. The van der Waals surface area contributed by atoms with Crippen molar-refractivity contribution in [3.63, 3.8) is 0 Å². The minimum atomic E-state index is 0.357. The molecule has 1 heterocycles. The zero-order valence-corrected chi connectivity index (χ0v) is 12.2. The Labute approximate surface area is 112 Å². The Kier molecular flexibility index (Phi) is 3.44. The van der Waals surface area contributed by atoms with Crippen LogP contribution in [0.5, 0.6) is 0 Å². The highest BCUT2D eigenvalue weighted by atomic mass is 15.2. The van der Waals surface area contributed by atoms with Gasteiger partial charge >= 0.3 is 0 Å². The molecule has 0 radical (unpaired) electrons. The van der Waals surface area contributed by atoms with E-state index in [1.54, 1.807) is 0 Å². The van der Waals surface area contributed by atoms with E-state index < -0.39 is 0 Å². The molecule has 0 aromatic carbocycles. The molecule has 3 aliphatic rings. The standard InChI is InChI=1S/C16H30N2/c1-12-6-7-16(11-17,8-13(12)2)18-9-14-4-3-5-15(14)10-18/h12-15H,3-11,17H2,1-2H3. The van der Waals surface area contributed by atoms with Crippen LogP contribution in [0.2, 0.25) is 0 Å². The second kappa shape index (κ2) is 4.79. The number of hydrogen-bond donors (Lipinski definition) is 1. The van der Waals surface area contributed by atoms with Gasteiger partial charge in [0.25, 0.3) is 0 Å². The molecule has 2 N–H and O–H groups in total. The van der Waals surface area contributed by atoms with Gasteiger partial charge in [0.15, 0.2) is 0 Å². The lowest BCUT2D eigenvalue weighted by molar-refractivity contribution is 0.0328. The largest absolute Gasteiger partial charge is 0.329 e. The minimum absolute atomic E-state index is 0.357. The van der Waals surface area contributed by atoms with Crippen molar-refractivity contribution in [1.29, 1.82) is 0 Å². The van der Waals surface area contributed by atoms with Crippen LogP contribution in [0.3, 0.4) is 0 Å². The molecular weight excluding hydrogens is 220 g/mol. The monoisotopic (exact) mass is 250 g/mol. The highest BCUT2D eigenvalue weighted by molar-refractivity contribution is 5.02. The fourth-order valence-electron chi connectivity index (χ4n) is 4.91. The molecule has 0 aromatic rings. The van der Waals surface area contributed by atoms with E-state index >= 15 is 0 Å². The summed E-state index contributed by atoms with van der Waals surface area (Å²) < 4.78 is 0. The smallest absolute Gasteiger partial charge is 0.0334 e. The van der Waals surface area contributed by atoms with Gasteiger partial charge in [0.05, 0.1) is 0 Å². The first kappa shape index (κ1) is 12.9. The van der Waals surface area contributed by atoms with Crippen molar-refractivity contribution >= 4 is 0 Å². The maximum absolute atomic E-state index is 6.23. The van der Waals surface area contributed by atoms with E-state index in [-0.39, 0.29) is 0 Å². The van der Waals surface area contributed by atoms with Crippen molar-refractivity contribution in [1.82, 2.24) is 4.90 Å². The van der Waals surface area contributed by atoms with Crippen molar-refractivity contribution < 1.29 is 0 Å². The summed E-state index contributed by atoms with van der Waals surface area (Å²) in [6.45, 7) is 8.43. The lowest BCUT2D eigenvalue weighted by Gasteiger charge is -2.48. The summed E-state index contributed by atoms with van der Waals surface area (Å²) in [4.78, 5) is 2.81. The number of hydrogen-bond acceptors (Lipinski definition) is 2. The molecule has 0 aromatic heterocycles. The van der Waals surface area contributed by atoms with Crippen molar-refractivity contribution in [3.8, 4) is 0 Å². The van der Waals surface area contributed by atoms with E-state index in [2.05, 4.69) is 18.7 Å². The van der Waals surface area contributed by atoms with Gasteiger partial charge in [-0.3, -0.25) is 4.90 Å². The predicted octanol–water partition coefficient (Wildman–Crippen LogP) is 2.87. The molecule has 3 rings (SSSR count). The first-order valence-electron chi connectivity index (χ1n) is 8.10. The van der Waals surface area contributed by atoms with Crippen LogP contribution >= 0.6 is 0 Å².